The van der Waals surface area contributed by atoms with E-state index in [1.54, 1.807) is 0 Å². The molecule has 2 aliphatic rings. The van der Waals surface area contributed by atoms with Gasteiger partial charge in [0.25, 0.3) is 0 Å². The zero-order valence-electron chi connectivity index (χ0n) is 15.8. The molecule has 0 radical (unpaired) electrons. The van der Waals surface area contributed by atoms with E-state index in [0.717, 1.165) is 57.0 Å². The number of ether oxygens (including phenoxy) is 1. The van der Waals surface area contributed by atoms with Crippen LogP contribution in [-0.4, -0.2) is 75.1 Å². The molecule has 2 aliphatic heterocycles. The Balaban J connectivity index is 0.00000243. The average Bonchev–Trinajstić information content (AvgIpc) is 2.65. The highest BCUT2D eigenvalue weighted by Crippen LogP contribution is 2.21. The molecule has 3 rings (SSSR count). The normalized spacial score (nSPS) is 21.8. The number of para-hydroxylation sites is 1. The lowest BCUT2D eigenvalue weighted by Gasteiger charge is -2.31. The van der Waals surface area contributed by atoms with Crippen LogP contribution in [-0.2, 0) is 0 Å². The molecule has 2 fully saturated rings. The zero-order valence-corrected chi connectivity index (χ0v) is 16.6. The van der Waals surface area contributed by atoms with Crippen LogP contribution in [0.4, 0.5) is 0 Å². The van der Waals surface area contributed by atoms with Gasteiger partial charge >= 0.3 is 0 Å². The van der Waals surface area contributed by atoms with Gasteiger partial charge in [-0.05, 0) is 57.5 Å². The highest BCUT2D eigenvalue weighted by Gasteiger charge is 2.20. The molecule has 2 saturated heterocycles. The molecule has 1 N–H and O–H groups in total. The fourth-order valence-corrected chi connectivity index (χ4v) is 3.62. The van der Waals surface area contributed by atoms with E-state index in [-0.39, 0.29) is 18.2 Å². The molecule has 146 valence electrons. The molecule has 1 atom stereocenters. The molecule has 1 aromatic rings. The summed E-state index contributed by atoms with van der Waals surface area (Å²) < 4.78 is 5.99. The van der Waals surface area contributed by atoms with Gasteiger partial charge in [-0.1, -0.05) is 12.1 Å². The van der Waals surface area contributed by atoms with Crippen molar-refractivity contribution in [2.24, 2.45) is 5.92 Å². The predicted molar refractivity (Wildman–Crippen MR) is 108 cm³/mol. The highest BCUT2D eigenvalue weighted by molar-refractivity contribution is 6.00. The first-order chi connectivity index (χ1) is 12.2. The quantitative estimate of drug-likeness (QED) is 0.734. The molecule has 0 aromatic heterocycles. The Hall–Kier alpha value is -1.14. The van der Waals surface area contributed by atoms with Crippen molar-refractivity contribution in [1.29, 1.82) is 0 Å². The molecule has 1 unspecified atom stereocenters. The number of hydrogen-bond donors (Lipinski definition) is 1. The van der Waals surface area contributed by atoms with E-state index >= 15 is 0 Å². The summed E-state index contributed by atoms with van der Waals surface area (Å²) in [5, 5.41) is 3.44. The Bertz CT molecular complexity index is 556. The third-order valence-corrected chi connectivity index (χ3v) is 5.33. The van der Waals surface area contributed by atoms with E-state index in [1.165, 1.54) is 12.8 Å². The lowest BCUT2D eigenvalue weighted by molar-refractivity contribution is 0.0872. The Labute approximate surface area is 163 Å². The maximum absolute atomic E-state index is 12.7. The number of ketones is 1. The van der Waals surface area contributed by atoms with E-state index in [2.05, 4.69) is 22.2 Å². The molecule has 0 bridgehead atoms. The minimum atomic E-state index is 0. The van der Waals surface area contributed by atoms with Crippen LogP contribution >= 0.6 is 12.4 Å². The zero-order chi connectivity index (χ0) is 17.5. The minimum Gasteiger partial charge on any atom is -0.493 e. The molecular formula is C20H32ClN3O2. The van der Waals surface area contributed by atoms with E-state index in [9.17, 15) is 4.79 Å². The number of halogens is 1. The first-order valence-corrected chi connectivity index (χ1v) is 9.59. The first-order valence-electron chi connectivity index (χ1n) is 9.59. The standard InChI is InChI=1S/C20H31N3O2.ClH/c1-22-10-12-23(13-11-22)16-19(24)18-6-2-3-7-20(18)25-14-8-17-5-4-9-21-15-17;/h2-3,6-7,17,21H,4-5,8-16H2,1H3;1H. The van der Waals surface area contributed by atoms with Gasteiger partial charge < -0.3 is 15.0 Å². The van der Waals surface area contributed by atoms with Crippen LogP contribution in [0.5, 0.6) is 5.75 Å². The Morgan fingerprint density at radius 2 is 2.00 bits per heavy atom. The van der Waals surface area contributed by atoms with Gasteiger partial charge in [0.15, 0.2) is 5.78 Å². The maximum Gasteiger partial charge on any atom is 0.180 e. The van der Waals surface area contributed by atoms with Crippen molar-refractivity contribution < 1.29 is 9.53 Å². The molecule has 0 aliphatic carbocycles. The number of carbonyl (C=O) groups is 1. The number of benzene rings is 1. The molecule has 5 nitrogen and oxygen atoms in total. The Kier molecular flexibility index (Phi) is 8.85. The monoisotopic (exact) mass is 381 g/mol. The van der Waals surface area contributed by atoms with Gasteiger partial charge in [-0.3, -0.25) is 9.69 Å². The van der Waals surface area contributed by atoms with Crippen molar-refractivity contribution in [2.75, 3.05) is 59.5 Å². The minimum absolute atomic E-state index is 0. The fraction of sp³-hybridized carbons (Fsp3) is 0.650. The van der Waals surface area contributed by atoms with Crippen molar-refractivity contribution in [3.8, 4) is 5.75 Å². The third-order valence-electron chi connectivity index (χ3n) is 5.33. The predicted octanol–water partition coefficient (Wildman–Crippen LogP) is 2.31. The van der Waals surface area contributed by atoms with Crippen LogP contribution in [0, 0.1) is 5.92 Å². The number of nitrogens with zero attached hydrogens (tertiary/aromatic N) is 2. The van der Waals surface area contributed by atoms with Crippen LogP contribution in [0.2, 0.25) is 0 Å². The second kappa shape index (κ2) is 10.9. The van der Waals surface area contributed by atoms with Crippen molar-refractivity contribution in [1.82, 2.24) is 15.1 Å². The molecule has 0 saturated carbocycles. The van der Waals surface area contributed by atoms with Crippen molar-refractivity contribution in [2.45, 2.75) is 19.3 Å². The number of likely N-dealkylation sites (N-methyl/N-ethyl adjacent to an activating group) is 1. The number of carbonyl (C=O) groups excluding carboxylic acids is 1. The molecule has 0 amide bonds. The fourth-order valence-electron chi connectivity index (χ4n) is 3.62. The number of piperidine rings is 1. The van der Waals surface area contributed by atoms with Crippen LogP contribution in [0.3, 0.4) is 0 Å². The van der Waals surface area contributed by atoms with Gasteiger partial charge in [0.1, 0.15) is 5.75 Å². The van der Waals surface area contributed by atoms with Gasteiger partial charge in [0.05, 0.1) is 18.7 Å². The molecule has 0 spiro atoms. The summed E-state index contributed by atoms with van der Waals surface area (Å²) in [4.78, 5) is 17.3. The molecule has 2 heterocycles. The Morgan fingerprint density at radius 3 is 2.73 bits per heavy atom. The second-order valence-corrected chi connectivity index (χ2v) is 7.35. The summed E-state index contributed by atoms with van der Waals surface area (Å²) in [6.45, 7) is 7.38. The van der Waals surface area contributed by atoms with Gasteiger partial charge in [0, 0.05) is 26.2 Å². The second-order valence-electron chi connectivity index (χ2n) is 7.35. The number of piperazine rings is 1. The summed E-state index contributed by atoms with van der Waals surface area (Å²) in [5.41, 5.74) is 0.725. The summed E-state index contributed by atoms with van der Waals surface area (Å²) in [5.74, 6) is 1.60. The SMILES string of the molecule is CN1CCN(CC(=O)c2ccccc2OCCC2CCCNC2)CC1.Cl. The highest BCUT2D eigenvalue weighted by atomic mass is 35.5. The van der Waals surface area contributed by atoms with Crippen molar-refractivity contribution in [3.05, 3.63) is 29.8 Å². The van der Waals surface area contributed by atoms with Crippen molar-refractivity contribution >= 4 is 18.2 Å². The molecule has 6 heteroatoms. The molecule has 26 heavy (non-hydrogen) atoms. The first kappa shape index (κ1) is 21.2. The molecule has 1 aromatic carbocycles. The lowest BCUT2D eigenvalue weighted by Crippen LogP contribution is -2.46. The Morgan fingerprint density at radius 1 is 1.23 bits per heavy atom. The largest absolute Gasteiger partial charge is 0.493 e. The number of rotatable bonds is 7. The van der Waals surface area contributed by atoms with Gasteiger partial charge in [-0.2, -0.15) is 0 Å². The summed E-state index contributed by atoms with van der Waals surface area (Å²) >= 11 is 0. The van der Waals surface area contributed by atoms with E-state index in [0.29, 0.717) is 19.1 Å². The maximum atomic E-state index is 12.7. The summed E-state index contributed by atoms with van der Waals surface area (Å²) in [7, 11) is 2.13. The van der Waals surface area contributed by atoms with Crippen LogP contribution in [0.15, 0.2) is 24.3 Å². The number of Topliss-reactive ketones (excluding diaryl/α,β-unsaturated/α-hetero) is 1. The van der Waals surface area contributed by atoms with E-state index in [1.807, 2.05) is 24.3 Å². The topological polar surface area (TPSA) is 44.8 Å². The molecular weight excluding hydrogens is 350 g/mol. The smallest absolute Gasteiger partial charge is 0.180 e. The lowest BCUT2D eigenvalue weighted by atomic mass is 9.97. The van der Waals surface area contributed by atoms with Crippen LogP contribution < -0.4 is 10.1 Å². The van der Waals surface area contributed by atoms with E-state index < -0.39 is 0 Å². The van der Waals surface area contributed by atoms with Crippen LogP contribution in [0.1, 0.15) is 29.6 Å². The summed E-state index contributed by atoms with van der Waals surface area (Å²) in [6, 6.07) is 7.70. The van der Waals surface area contributed by atoms with Crippen LogP contribution in [0.25, 0.3) is 0 Å². The third kappa shape index (κ3) is 6.23. The van der Waals surface area contributed by atoms with Gasteiger partial charge in [-0.15, -0.1) is 12.4 Å². The number of hydrogen-bond acceptors (Lipinski definition) is 5. The number of nitrogens with one attached hydrogen (secondary N) is 1. The van der Waals surface area contributed by atoms with E-state index in [4.69, 9.17) is 4.74 Å². The average molecular weight is 382 g/mol. The van der Waals surface area contributed by atoms with Gasteiger partial charge in [0.2, 0.25) is 0 Å². The van der Waals surface area contributed by atoms with Gasteiger partial charge in [-0.25, -0.2) is 0 Å². The summed E-state index contributed by atoms with van der Waals surface area (Å²) in [6.07, 6.45) is 3.58. The van der Waals surface area contributed by atoms with Crippen molar-refractivity contribution in [3.63, 3.8) is 0 Å².